The number of halogens is 4. The molecule has 0 radical (unpaired) electrons. The lowest BCUT2D eigenvalue weighted by Gasteiger charge is -2.27. The van der Waals surface area contributed by atoms with Crippen molar-refractivity contribution in [3.05, 3.63) is 16.4 Å². The van der Waals surface area contributed by atoms with Crippen LogP contribution in [0.2, 0.25) is 5.02 Å². The predicted molar refractivity (Wildman–Crippen MR) is 73.7 cm³/mol. The minimum atomic E-state index is -4.67. The molecular weight excluding hydrogens is 321 g/mol. The summed E-state index contributed by atoms with van der Waals surface area (Å²) in [6, 6.07) is 0.0492. The zero-order chi connectivity index (χ0) is 16.1. The molecule has 0 spiro atoms. The van der Waals surface area contributed by atoms with Crippen LogP contribution < -0.4 is 5.32 Å². The molecule has 2 saturated heterocycles. The van der Waals surface area contributed by atoms with E-state index in [1.54, 1.807) is 4.90 Å². The molecule has 2 bridgehead atoms. The van der Waals surface area contributed by atoms with Crippen LogP contribution in [-0.4, -0.2) is 45.8 Å². The smallest absolute Gasteiger partial charge is 0.330 e. The Morgan fingerprint density at radius 3 is 2.64 bits per heavy atom. The van der Waals surface area contributed by atoms with Crippen molar-refractivity contribution in [2.24, 2.45) is 7.05 Å². The Kier molecular flexibility index (Phi) is 3.84. The molecule has 1 aromatic heterocycles. The molecule has 2 aliphatic heterocycles. The fourth-order valence-corrected chi connectivity index (χ4v) is 3.70. The van der Waals surface area contributed by atoms with E-state index in [2.05, 4.69) is 10.4 Å². The lowest BCUT2D eigenvalue weighted by Crippen LogP contribution is -2.43. The number of rotatable bonds is 1. The van der Waals surface area contributed by atoms with Crippen LogP contribution in [0.4, 0.5) is 13.2 Å². The van der Waals surface area contributed by atoms with Crippen molar-refractivity contribution in [1.82, 2.24) is 20.0 Å². The number of carbonyl (C=O) groups excluding carboxylic acids is 1. The summed E-state index contributed by atoms with van der Waals surface area (Å²) in [5.41, 5.74) is -1.40. The van der Waals surface area contributed by atoms with Crippen molar-refractivity contribution in [2.75, 3.05) is 13.1 Å². The molecule has 0 aliphatic carbocycles. The highest BCUT2D eigenvalue weighted by molar-refractivity contribution is 6.34. The Hall–Kier alpha value is -1.28. The molecule has 3 rings (SSSR count). The molecular formula is C13H16ClF3N4O. The summed E-state index contributed by atoms with van der Waals surface area (Å²) >= 11 is 5.82. The van der Waals surface area contributed by atoms with Gasteiger partial charge in [-0.05, 0) is 25.8 Å². The maximum Gasteiger partial charge on any atom is 0.436 e. The van der Waals surface area contributed by atoms with Crippen molar-refractivity contribution in [3.63, 3.8) is 0 Å². The second kappa shape index (κ2) is 5.42. The molecule has 1 aromatic rings. The van der Waals surface area contributed by atoms with E-state index in [9.17, 15) is 18.0 Å². The minimum absolute atomic E-state index is 0.000281. The lowest BCUT2D eigenvalue weighted by molar-refractivity contribution is -0.141. The van der Waals surface area contributed by atoms with E-state index in [1.807, 2.05) is 0 Å². The van der Waals surface area contributed by atoms with Gasteiger partial charge in [-0.2, -0.15) is 18.3 Å². The van der Waals surface area contributed by atoms with Crippen molar-refractivity contribution in [2.45, 2.75) is 37.5 Å². The molecule has 1 N–H and O–H groups in total. The van der Waals surface area contributed by atoms with Gasteiger partial charge in [-0.15, -0.1) is 0 Å². The average molecular weight is 337 g/mol. The number of nitrogens with zero attached hydrogens (tertiary/aromatic N) is 3. The summed E-state index contributed by atoms with van der Waals surface area (Å²) < 4.78 is 39.6. The first-order valence-electron chi connectivity index (χ1n) is 7.13. The van der Waals surface area contributed by atoms with Crippen LogP contribution in [-0.2, 0) is 13.2 Å². The highest BCUT2D eigenvalue weighted by Crippen LogP contribution is 2.37. The van der Waals surface area contributed by atoms with Crippen LogP contribution >= 0.6 is 11.6 Å². The number of hydrogen-bond acceptors (Lipinski definition) is 3. The molecule has 22 heavy (non-hydrogen) atoms. The summed E-state index contributed by atoms with van der Waals surface area (Å²) in [6.07, 6.45) is -2.15. The number of hydrogen-bond donors (Lipinski definition) is 1. The van der Waals surface area contributed by atoms with E-state index in [0.717, 1.165) is 30.5 Å². The van der Waals surface area contributed by atoms with Gasteiger partial charge in [0.1, 0.15) is 10.7 Å². The molecule has 5 nitrogen and oxygen atoms in total. The van der Waals surface area contributed by atoms with E-state index >= 15 is 0 Å². The van der Waals surface area contributed by atoms with Crippen molar-refractivity contribution < 1.29 is 18.0 Å². The van der Waals surface area contributed by atoms with Gasteiger partial charge in [-0.3, -0.25) is 9.48 Å². The van der Waals surface area contributed by atoms with Gasteiger partial charge in [0.2, 0.25) is 0 Å². The van der Waals surface area contributed by atoms with Crippen LogP contribution in [0, 0.1) is 0 Å². The number of alkyl halides is 3. The molecule has 122 valence electrons. The molecule has 2 fully saturated rings. The van der Waals surface area contributed by atoms with Crippen LogP contribution in [0.1, 0.15) is 35.4 Å². The van der Waals surface area contributed by atoms with Crippen LogP contribution in [0.25, 0.3) is 0 Å². The summed E-state index contributed by atoms with van der Waals surface area (Å²) in [4.78, 5) is 14.5. The zero-order valence-corrected chi connectivity index (χ0v) is 12.7. The molecule has 2 atom stereocenters. The Morgan fingerprint density at radius 1 is 1.32 bits per heavy atom. The third-order valence-electron chi connectivity index (χ3n) is 4.35. The van der Waals surface area contributed by atoms with Crippen molar-refractivity contribution in [1.29, 1.82) is 0 Å². The Morgan fingerprint density at radius 2 is 2.00 bits per heavy atom. The predicted octanol–water partition coefficient (Wildman–Crippen LogP) is 2.06. The van der Waals surface area contributed by atoms with Crippen molar-refractivity contribution in [3.8, 4) is 0 Å². The van der Waals surface area contributed by atoms with Gasteiger partial charge in [-0.1, -0.05) is 11.6 Å². The van der Waals surface area contributed by atoms with Gasteiger partial charge in [0.05, 0.1) is 0 Å². The summed E-state index contributed by atoms with van der Waals surface area (Å²) in [5.74, 6) is -0.466. The van der Waals surface area contributed by atoms with Crippen molar-refractivity contribution >= 4 is 17.5 Å². The fraction of sp³-hybridized carbons (Fsp3) is 0.692. The Balaban J connectivity index is 1.97. The number of aromatic nitrogens is 2. The normalized spacial score (nSPS) is 25.4. The summed E-state index contributed by atoms with van der Waals surface area (Å²) in [7, 11) is 1.31. The first kappa shape index (κ1) is 15.6. The number of nitrogens with one attached hydrogen (secondary N) is 1. The largest absolute Gasteiger partial charge is 0.436 e. The quantitative estimate of drug-likeness (QED) is 0.854. The third-order valence-corrected chi connectivity index (χ3v) is 4.71. The average Bonchev–Trinajstić information content (AvgIpc) is 2.84. The molecule has 9 heteroatoms. The van der Waals surface area contributed by atoms with Crippen LogP contribution in [0.15, 0.2) is 0 Å². The van der Waals surface area contributed by atoms with Crippen LogP contribution in [0.5, 0.6) is 0 Å². The highest BCUT2D eigenvalue weighted by Gasteiger charge is 2.44. The number of aryl methyl sites for hydroxylation is 1. The molecule has 0 saturated carbocycles. The highest BCUT2D eigenvalue weighted by atomic mass is 35.5. The second-order valence-electron chi connectivity index (χ2n) is 5.72. The molecule has 2 unspecified atom stereocenters. The minimum Gasteiger partial charge on any atom is -0.330 e. The number of carbonyl (C=O) groups is 1. The molecule has 2 aliphatic rings. The standard InChI is InChI=1S/C13H16ClF3N4O/c1-20-10(9(14)11(19-20)13(15,16)17)12(22)21-7-2-3-8(21)6-18-5-4-7/h7-8,18H,2-6H2,1H3. The van der Waals surface area contributed by atoms with Crippen LogP contribution in [0.3, 0.4) is 0 Å². The van der Waals surface area contributed by atoms with E-state index in [0.29, 0.717) is 6.54 Å². The van der Waals surface area contributed by atoms with Gasteiger partial charge in [0.15, 0.2) is 5.69 Å². The first-order valence-corrected chi connectivity index (χ1v) is 7.51. The zero-order valence-electron chi connectivity index (χ0n) is 12.0. The fourth-order valence-electron chi connectivity index (χ4n) is 3.35. The molecule has 1 amide bonds. The maximum atomic E-state index is 12.9. The Labute approximate surface area is 130 Å². The van der Waals surface area contributed by atoms with E-state index in [1.165, 1.54) is 7.05 Å². The van der Waals surface area contributed by atoms with Gasteiger partial charge < -0.3 is 10.2 Å². The molecule has 0 aromatic carbocycles. The summed E-state index contributed by atoms with van der Waals surface area (Å²) in [6.45, 7) is 1.46. The maximum absolute atomic E-state index is 12.9. The monoisotopic (exact) mass is 336 g/mol. The summed E-state index contributed by atoms with van der Waals surface area (Å²) in [5, 5.41) is 6.02. The first-order chi connectivity index (χ1) is 10.3. The molecule has 3 heterocycles. The van der Waals surface area contributed by atoms with Gasteiger partial charge >= 0.3 is 6.18 Å². The van der Waals surface area contributed by atoms with E-state index < -0.39 is 22.8 Å². The number of amides is 1. The Bertz CT molecular complexity index is 587. The SMILES string of the molecule is Cn1nc(C(F)(F)F)c(Cl)c1C(=O)N1C2CCNCC1CC2. The lowest BCUT2D eigenvalue weighted by atomic mass is 10.1. The van der Waals surface area contributed by atoms with Gasteiger partial charge in [-0.25, -0.2) is 0 Å². The van der Waals surface area contributed by atoms with E-state index in [-0.39, 0.29) is 17.8 Å². The third kappa shape index (κ3) is 2.48. The second-order valence-corrected chi connectivity index (χ2v) is 6.10. The van der Waals surface area contributed by atoms with Gasteiger partial charge in [0, 0.05) is 25.7 Å². The number of fused-ring (bicyclic) bond motifs is 2. The van der Waals surface area contributed by atoms with Gasteiger partial charge in [0.25, 0.3) is 5.91 Å². The van der Waals surface area contributed by atoms with E-state index in [4.69, 9.17) is 11.6 Å². The topological polar surface area (TPSA) is 50.2 Å².